The Kier molecular flexibility index (Phi) is 7.36. The Labute approximate surface area is 234 Å². The van der Waals surface area contributed by atoms with Crippen LogP contribution in [0.25, 0.3) is 11.3 Å². The number of hydrogen-bond donors (Lipinski definition) is 2. The molecule has 2 N–H and O–H groups in total. The maximum atomic E-state index is 14.9. The van der Waals surface area contributed by atoms with Crippen molar-refractivity contribution in [3.8, 4) is 17.3 Å². The summed E-state index contributed by atoms with van der Waals surface area (Å²) in [5, 5.41) is 5.40. The van der Waals surface area contributed by atoms with E-state index in [0.29, 0.717) is 28.1 Å². The topological polar surface area (TPSA) is 96.5 Å². The van der Waals surface area contributed by atoms with Gasteiger partial charge < -0.3 is 15.4 Å². The molecule has 0 fully saturated rings. The minimum Gasteiger partial charge on any atom is -0.461 e. The molecule has 0 saturated carbocycles. The van der Waals surface area contributed by atoms with Crippen molar-refractivity contribution in [2.45, 2.75) is 40.3 Å². The highest BCUT2D eigenvalue weighted by Crippen LogP contribution is 2.40. The number of halogens is 3. The van der Waals surface area contributed by atoms with Gasteiger partial charge in [0.2, 0.25) is 0 Å². The van der Waals surface area contributed by atoms with E-state index >= 15 is 0 Å². The molecule has 0 radical (unpaired) electrons. The van der Waals surface area contributed by atoms with E-state index in [1.54, 1.807) is 39.0 Å². The summed E-state index contributed by atoms with van der Waals surface area (Å²) in [6.45, 7) is 6.92. The number of anilines is 3. The average molecular weight is 562 g/mol. The fourth-order valence-corrected chi connectivity index (χ4v) is 4.43. The largest absolute Gasteiger partial charge is 0.461 e. The summed E-state index contributed by atoms with van der Waals surface area (Å²) >= 11 is 0. The van der Waals surface area contributed by atoms with E-state index < -0.39 is 35.1 Å². The highest BCUT2D eigenvalue weighted by Gasteiger charge is 2.34. The molecule has 3 aromatic carbocycles. The van der Waals surface area contributed by atoms with Crippen molar-refractivity contribution in [2.24, 2.45) is 0 Å². The molecular weight excluding hydrogens is 535 g/mol. The number of nitrogens with zero attached hydrogens (tertiary/aromatic N) is 3. The maximum Gasteiger partial charge on any atom is 0.328 e. The number of para-hydroxylation sites is 1. The number of hydrogen-bond acceptors (Lipinski definition) is 5. The zero-order chi connectivity index (χ0) is 29.4. The molecule has 11 heteroatoms. The Morgan fingerprint density at radius 1 is 0.976 bits per heavy atom. The highest BCUT2D eigenvalue weighted by molar-refractivity contribution is 6.05. The normalized spacial score (nSPS) is 12.7. The van der Waals surface area contributed by atoms with Gasteiger partial charge in [-0.05, 0) is 75.2 Å². The summed E-state index contributed by atoms with van der Waals surface area (Å²) < 4.78 is 49.5. The van der Waals surface area contributed by atoms with E-state index in [9.17, 15) is 22.8 Å². The zero-order valence-electron chi connectivity index (χ0n) is 22.7. The number of amides is 3. The first kappa shape index (κ1) is 27.6. The Hall–Kier alpha value is -4.93. The highest BCUT2D eigenvalue weighted by atomic mass is 19.1. The molecule has 1 aliphatic rings. The third-order valence-corrected chi connectivity index (χ3v) is 6.48. The number of benzene rings is 3. The molecule has 8 nitrogen and oxygen atoms in total. The first-order valence-electron chi connectivity index (χ1n) is 12.8. The predicted octanol–water partition coefficient (Wildman–Crippen LogP) is 6.58. The van der Waals surface area contributed by atoms with Gasteiger partial charge in [0, 0.05) is 22.4 Å². The van der Waals surface area contributed by atoms with Gasteiger partial charge in [0.25, 0.3) is 5.91 Å². The Bertz CT molecular complexity index is 1670. The summed E-state index contributed by atoms with van der Waals surface area (Å²) in [4.78, 5) is 35.6. The summed E-state index contributed by atoms with van der Waals surface area (Å²) in [6.07, 6.45) is -0.349. The number of nitrogens with one attached hydrogen (secondary N) is 2. The summed E-state index contributed by atoms with van der Waals surface area (Å²) in [6, 6.07) is 11.7. The first-order valence-corrected chi connectivity index (χ1v) is 12.8. The van der Waals surface area contributed by atoms with Crippen LogP contribution in [0.15, 0.2) is 54.6 Å². The second kappa shape index (κ2) is 10.9. The number of rotatable bonds is 6. The molecule has 0 bridgehead atoms. The fraction of sp³-hybridized carbons (Fsp3) is 0.200. The van der Waals surface area contributed by atoms with E-state index in [4.69, 9.17) is 4.74 Å². The van der Waals surface area contributed by atoms with Gasteiger partial charge in [-0.2, -0.15) is 9.97 Å². The van der Waals surface area contributed by atoms with Crippen molar-refractivity contribution in [3.63, 3.8) is 0 Å². The number of aryl methyl sites for hydroxylation is 2. The minimum atomic E-state index is -0.951. The molecule has 41 heavy (non-hydrogen) atoms. The van der Waals surface area contributed by atoms with Gasteiger partial charge in [-0.3, -0.25) is 4.79 Å². The van der Waals surface area contributed by atoms with Gasteiger partial charge in [-0.1, -0.05) is 18.2 Å². The van der Waals surface area contributed by atoms with E-state index in [1.165, 1.54) is 18.2 Å². The summed E-state index contributed by atoms with van der Waals surface area (Å²) in [5.74, 6) is -2.95. The third-order valence-electron chi connectivity index (χ3n) is 6.48. The van der Waals surface area contributed by atoms with Gasteiger partial charge in [-0.15, -0.1) is 0 Å². The molecule has 210 valence electrons. The minimum absolute atomic E-state index is 0.0311. The lowest BCUT2D eigenvalue weighted by atomic mass is 9.99. The van der Waals surface area contributed by atoms with Crippen LogP contribution >= 0.6 is 0 Å². The van der Waals surface area contributed by atoms with Gasteiger partial charge in [0.1, 0.15) is 23.1 Å². The molecule has 0 unspecified atom stereocenters. The van der Waals surface area contributed by atoms with Gasteiger partial charge in [0.15, 0.2) is 5.82 Å². The van der Waals surface area contributed by atoms with Crippen LogP contribution in [0.2, 0.25) is 0 Å². The molecule has 0 saturated heterocycles. The molecule has 3 amide bonds. The second-order valence-corrected chi connectivity index (χ2v) is 9.84. The summed E-state index contributed by atoms with van der Waals surface area (Å²) in [7, 11) is 0. The van der Waals surface area contributed by atoms with Crippen molar-refractivity contribution >= 4 is 29.1 Å². The van der Waals surface area contributed by atoms with E-state index in [2.05, 4.69) is 20.6 Å². The van der Waals surface area contributed by atoms with E-state index in [-0.39, 0.29) is 30.0 Å². The van der Waals surface area contributed by atoms with Gasteiger partial charge in [-0.25, -0.2) is 22.9 Å². The van der Waals surface area contributed by atoms with E-state index in [1.807, 2.05) is 6.92 Å². The molecule has 0 aliphatic carbocycles. The Morgan fingerprint density at radius 3 is 2.37 bits per heavy atom. The van der Waals surface area contributed by atoms with Crippen LogP contribution in [0.3, 0.4) is 0 Å². The van der Waals surface area contributed by atoms with Crippen LogP contribution in [0.5, 0.6) is 6.01 Å². The predicted molar refractivity (Wildman–Crippen MR) is 148 cm³/mol. The number of aromatic nitrogens is 2. The van der Waals surface area contributed by atoms with Crippen LogP contribution in [0, 0.1) is 31.3 Å². The molecule has 0 spiro atoms. The summed E-state index contributed by atoms with van der Waals surface area (Å²) in [5.41, 5.74) is 2.40. The molecule has 2 heterocycles. The first-order chi connectivity index (χ1) is 19.5. The monoisotopic (exact) mass is 561 g/mol. The van der Waals surface area contributed by atoms with Crippen molar-refractivity contribution in [2.75, 3.05) is 10.2 Å². The molecule has 5 rings (SSSR count). The quantitative estimate of drug-likeness (QED) is 0.277. The third kappa shape index (κ3) is 5.43. The molecule has 4 aromatic rings. The number of urea groups is 1. The molecule has 1 aromatic heterocycles. The van der Waals surface area contributed by atoms with Crippen LogP contribution in [-0.2, 0) is 6.54 Å². The van der Waals surface area contributed by atoms with Crippen LogP contribution < -0.4 is 20.3 Å². The number of carbonyl (C=O) groups excluding carboxylic acids is 2. The lowest BCUT2D eigenvalue weighted by molar-refractivity contribution is 0.102. The maximum absolute atomic E-state index is 14.9. The van der Waals surface area contributed by atoms with E-state index in [0.717, 1.165) is 28.7 Å². The molecular formula is C30H26F3N5O3. The molecule has 1 aliphatic heterocycles. The standard InChI is InChI=1S/C30H26F3N5O3/c1-15(2)41-29-36-25(21-14-34-30(40)38(27(21)37-29)26-22(31)6-5-7-23(26)32)20-13-19(11-9-16(20)3)35-28(39)18-10-8-17(4)24(33)12-18/h5-13,15H,14H2,1-4H3,(H,34,40)(H,35,39). The van der Waals surface area contributed by atoms with Crippen molar-refractivity contribution in [1.29, 1.82) is 0 Å². The van der Waals surface area contributed by atoms with Crippen molar-refractivity contribution in [3.05, 3.63) is 94.3 Å². The van der Waals surface area contributed by atoms with Crippen molar-refractivity contribution in [1.82, 2.24) is 15.3 Å². The van der Waals surface area contributed by atoms with Crippen LogP contribution in [0.1, 0.15) is 40.9 Å². The lowest BCUT2D eigenvalue weighted by Gasteiger charge is -2.31. The average Bonchev–Trinajstić information content (AvgIpc) is 2.91. The van der Waals surface area contributed by atoms with Crippen LogP contribution in [0.4, 0.5) is 35.2 Å². The fourth-order valence-electron chi connectivity index (χ4n) is 4.43. The zero-order valence-corrected chi connectivity index (χ0v) is 22.7. The second-order valence-electron chi connectivity index (χ2n) is 9.84. The lowest BCUT2D eigenvalue weighted by Crippen LogP contribution is -2.43. The Morgan fingerprint density at radius 2 is 1.68 bits per heavy atom. The Balaban J connectivity index is 1.63. The molecule has 0 atom stereocenters. The van der Waals surface area contributed by atoms with Crippen molar-refractivity contribution < 1.29 is 27.5 Å². The number of fused-ring (bicyclic) bond motifs is 1. The van der Waals surface area contributed by atoms with Gasteiger partial charge in [0.05, 0.1) is 18.3 Å². The number of ether oxygens (including phenoxy) is 1. The smallest absolute Gasteiger partial charge is 0.328 e. The number of carbonyl (C=O) groups is 2. The van der Waals surface area contributed by atoms with Gasteiger partial charge >= 0.3 is 12.0 Å². The van der Waals surface area contributed by atoms with Crippen LogP contribution in [-0.4, -0.2) is 28.0 Å². The SMILES string of the molecule is Cc1ccc(C(=O)Nc2ccc(C)c(-c3nc(OC(C)C)nc4c3CNC(=O)N4c3c(F)cccc3F)c2)cc1F.